The van der Waals surface area contributed by atoms with Crippen molar-refractivity contribution in [1.29, 1.82) is 0 Å². The molecule has 0 fully saturated rings. The van der Waals surface area contributed by atoms with Gasteiger partial charge in [0, 0.05) is 13.1 Å². The summed E-state index contributed by atoms with van der Waals surface area (Å²) in [5, 5.41) is 3.36. The molecule has 0 radical (unpaired) electrons. The lowest BCUT2D eigenvalue weighted by atomic mass is 9.96. The smallest absolute Gasteiger partial charge is 0.0147 e. The zero-order valence-corrected chi connectivity index (χ0v) is 11.8. The zero-order valence-electron chi connectivity index (χ0n) is 11.8. The summed E-state index contributed by atoms with van der Waals surface area (Å²) in [6.07, 6.45) is 4.53. The molecule has 100 valence electrons. The predicted octanol–water partition coefficient (Wildman–Crippen LogP) is 4.29. The summed E-state index contributed by atoms with van der Waals surface area (Å²) in [6.45, 7) is 4.07. The van der Waals surface area contributed by atoms with Crippen molar-refractivity contribution in [2.45, 2.75) is 6.92 Å². The van der Waals surface area contributed by atoms with Crippen molar-refractivity contribution in [3.63, 3.8) is 0 Å². The minimum atomic E-state index is 0.934. The molecule has 3 rings (SSSR count). The van der Waals surface area contributed by atoms with E-state index in [2.05, 4.69) is 79.0 Å². The molecular formula is C19H19N. The molecule has 20 heavy (non-hydrogen) atoms. The van der Waals surface area contributed by atoms with Gasteiger partial charge in [0.1, 0.15) is 0 Å². The van der Waals surface area contributed by atoms with E-state index >= 15 is 0 Å². The number of benzene rings is 2. The second-order valence-electron chi connectivity index (χ2n) is 5.11. The van der Waals surface area contributed by atoms with Gasteiger partial charge in [0.15, 0.2) is 0 Å². The van der Waals surface area contributed by atoms with E-state index in [0.29, 0.717) is 0 Å². The molecule has 0 aliphatic carbocycles. The Balaban J connectivity index is 1.92. The summed E-state index contributed by atoms with van der Waals surface area (Å²) in [5.74, 6) is 0. The molecule has 1 heteroatoms. The van der Waals surface area contributed by atoms with Crippen molar-refractivity contribution in [1.82, 2.24) is 5.32 Å². The van der Waals surface area contributed by atoms with Crippen molar-refractivity contribution >= 4 is 5.57 Å². The van der Waals surface area contributed by atoms with E-state index < -0.39 is 0 Å². The fourth-order valence-corrected chi connectivity index (χ4v) is 2.57. The largest absolute Gasteiger partial charge is 0.310 e. The lowest BCUT2D eigenvalue weighted by Crippen LogP contribution is -2.11. The molecule has 2 aromatic rings. The van der Waals surface area contributed by atoms with Crippen LogP contribution in [0.4, 0.5) is 0 Å². The summed E-state index contributed by atoms with van der Waals surface area (Å²) < 4.78 is 0. The van der Waals surface area contributed by atoms with Gasteiger partial charge in [0.05, 0.1) is 0 Å². The van der Waals surface area contributed by atoms with Crippen LogP contribution in [0.2, 0.25) is 0 Å². The van der Waals surface area contributed by atoms with Crippen molar-refractivity contribution in [2.24, 2.45) is 0 Å². The number of allylic oxidation sites excluding steroid dienone is 2. The van der Waals surface area contributed by atoms with Crippen LogP contribution >= 0.6 is 0 Å². The normalized spacial score (nSPS) is 15.2. The first kappa shape index (κ1) is 12.9. The van der Waals surface area contributed by atoms with Crippen molar-refractivity contribution in [3.8, 4) is 11.1 Å². The van der Waals surface area contributed by atoms with Crippen molar-refractivity contribution in [2.75, 3.05) is 13.1 Å². The highest BCUT2D eigenvalue weighted by molar-refractivity contribution is 5.80. The number of nitrogens with one attached hydrogen (secondary N) is 1. The molecule has 0 atom stereocenters. The molecule has 1 aliphatic heterocycles. The van der Waals surface area contributed by atoms with E-state index in [1.807, 2.05) is 0 Å². The first-order valence-electron chi connectivity index (χ1n) is 7.08. The third kappa shape index (κ3) is 2.73. The molecule has 1 aliphatic rings. The quantitative estimate of drug-likeness (QED) is 0.850. The third-order valence-electron chi connectivity index (χ3n) is 3.73. The molecule has 0 spiro atoms. The highest BCUT2D eigenvalue weighted by Gasteiger charge is 2.06. The number of hydrogen-bond donors (Lipinski definition) is 1. The molecule has 0 bridgehead atoms. The van der Waals surface area contributed by atoms with Gasteiger partial charge in [-0.1, -0.05) is 66.7 Å². The molecule has 2 aromatic carbocycles. The minimum Gasteiger partial charge on any atom is -0.310 e. The van der Waals surface area contributed by atoms with E-state index in [9.17, 15) is 0 Å². The summed E-state index contributed by atoms with van der Waals surface area (Å²) in [7, 11) is 0. The van der Waals surface area contributed by atoms with Crippen LogP contribution in [0.3, 0.4) is 0 Å². The first-order chi connectivity index (χ1) is 9.84. The predicted molar refractivity (Wildman–Crippen MR) is 86.5 cm³/mol. The Hall–Kier alpha value is -2.12. The summed E-state index contributed by atoms with van der Waals surface area (Å²) >= 11 is 0. The topological polar surface area (TPSA) is 12.0 Å². The maximum atomic E-state index is 3.36. The average molecular weight is 261 g/mol. The summed E-state index contributed by atoms with van der Waals surface area (Å²) in [4.78, 5) is 0. The van der Waals surface area contributed by atoms with Gasteiger partial charge < -0.3 is 5.32 Å². The van der Waals surface area contributed by atoms with Gasteiger partial charge in [-0.15, -0.1) is 0 Å². The second kappa shape index (κ2) is 5.89. The lowest BCUT2D eigenvalue weighted by Gasteiger charge is -2.09. The van der Waals surface area contributed by atoms with Crippen LogP contribution in [-0.4, -0.2) is 13.1 Å². The fraction of sp³-hybridized carbons (Fsp3) is 0.158. The van der Waals surface area contributed by atoms with Gasteiger partial charge >= 0.3 is 0 Å². The molecule has 0 amide bonds. The molecular weight excluding hydrogens is 242 g/mol. The summed E-state index contributed by atoms with van der Waals surface area (Å²) in [5.41, 5.74) is 6.52. The Morgan fingerprint density at radius 3 is 2.05 bits per heavy atom. The molecule has 0 unspecified atom stereocenters. The molecule has 0 saturated heterocycles. The molecule has 1 N–H and O–H groups in total. The van der Waals surface area contributed by atoms with Crippen LogP contribution in [0.1, 0.15) is 12.5 Å². The van der Waals surface area contributed by atoms with Gasteiger partial charge in [0.25, 0.3) is 0 Å². The number of rotatable bonds is 2. The van der Waals surface area contributed by atoms with E-state index in [4.69, 9.17) is 0 Å². The Kier molecular flexibility index (Phi) is 3.80. The van der Waals surface area contributed by atoms with Crippen LogP contribution in [0.5, 0.6) is 0 Å². The second-order valence-corrected chi connectivity index (χ2v) is 5.11. The SMILES string of the molecule is CC1=CCNCC=C1c1ccc(-c2ccccc2)cc1. The minimum absolute atomic E-state index is 0.934. The first-order valence-corrected chi connectivity index (χ1v) is 7.08. The van der Waals surface area contributed by atoms with Crippen LogP contribution in [0.15, 0.2) is 72.3 Å². The maximum Gasteiger partial charge on any atom is 0.0147 e. The highest BCUT2D eigenvalue weighted by Crippen LogP contribution is 2.26. The molecule has 1 heterocycles. The Bertz CT molecular complexity index is 633. The maximum absolute atomic E-state index is 3.36. The number of hydrogen-bond acceptors (Lipinski definition) is 1. The van der Waals surface area contributed by atoms with Gasteiger partial charge in [-0.3, -0.25) is 0 Å². The average Bonchev–Trinajstić information content (AvgIpc) is 2.73. The monoisotopic (exact) mass is 261 g/mol. The third-order valence-corrected chi connectivity index (χ3v) is 3.73. The Morgan fingerprint density at radius 2 is 1.30 bits per heavy atom. The van der Waals surface area contributed by atoms with Gasteiger partial charge in [-0.2, -0.15) is 0 Å². The highest BCUT2D eigenvalue weighted by atomic mass is 14.8. The van der Waals surface area contributed by atoms with E-state index in [1.165, 1.54) is 27.8 Å². The van der Waals surface area contributed by atoms with Crippen molar-refractivity contribution < 1.29 is 0 Å². The van der Waals surface area contributed by atoms with Gasteiger partial charge in [0.2, 0.25) is 0 Å². The molecule has 1 nitrogen and oxygen atoms in total. The Labute approximate surface area is 120 Å². The van der Waals surface area contributed by atoms with E-state index in [-0.39, 0.29) is 0 Å². The van der Waals surface area contributed by atoms with E-state index in [1.54, 1.807) is 0 Å². The Morgan fingerprint density at radius 1 is 0.700 bits per heavy atom. The standard InChI is InChI=1S/C19H19N/c1-15-11-13-20-14-12-19(15)18-9-7-17(8-10-18)16-5-3-2-4-6-16/h2-12,20H,13-14H2,1H3. The molecule has 0 aromatic heterocycles. The van der Waals surface area contributed by atoms with Gasteiger partial charge in [-0.05, 0) is 34.8 Å². The lowest BCUT2D eigenvalue weighted by molar-refractivity contribution is 0.848. The molecule has 0 saturated carbocycles. The van der Waals surface area contributed by atoms with Crippen LogP contribution in [0, 0.1) is 0 Å². The van der Waals surface area contributed by atoms with Crippen LogP contribution < -0.4 is 5.32 Å². The van der Waals surface area contributed by atoms with Crippen molar-refractivity contribution in [3.05, 3.63) is 77.9 Å². The van der Waals surface area contributed by atoms with Crippen LogP contribution in [-0.2, 0) is 0 Å². The zero-order chi connectivity index (χ0) is 13.8. The van der Waals surface area contributed by atoms with Gasteiger partial charge in [-0.25, -0.2) is 0 Å². The van der Waals surface area contributed by atoms with Crippen LogP contribution in [0.25, 0.3) is 16.7 Å². The fourth-order valence-electron chi connectivity index (χ4n) is 2.57. The van der Waals surface area contributed by atoms with E-state index in [0.717, 1.165) is 13.1 Å². The summed E-state index contributed by atoms with van der Waals surface area (Å²) in [6, 6.07) is 19.4.